The van der Waals surface area contributed by atoms with Crippen molar-refractivity contribution in [2.45, 2.75) is 0 Å². The van der Waals surface area contributed by atoms with E-state index < -0.39 is 0 Å². The summed E-state index contributed by atoms with van der Waals surface area (Å²) in [5.41, 5.74) is 8.76. The Morgan fingerprint density at radius 2 is 0.786 bits per heavy atom. The quantitative estimate of drug-likeness (QED) is 0.212. The Morgan fingerprint density at radius 1 is 0.310 bits per heavy atom. The van der Waals surface area contributed by atoms with Gasteiger partial charge >= 0.3 is 0 Å². The molecule has 4 aromatic carbocycles. The minimum absolute atomic E-state index is 0.492. The molecule has 0 aliphatic rings. The van der Waals surface area contributed by atoms with Gasteiger partial charge in [-0.1, -0.05) is 103 Å². The maximum Gasteiger partial charge on any atom is 0.182 e. The summed E-state index contributed by atoms with van der Waals surface area (Å²) >= 11 is 0. The molecular formula is C37H25N5. The fraction of sp³-hybridized carbons (Fsp3) is 0. The molecule has 0 saturated carbocycles. The molecule has 0 unspecified atom stereocenters. The second-order valence-corrected chi connectivity index (χ2v) is 9.85. The zero-order valence-electron chi connectivity index (χ0n) is 22.7. The van der Waals surface area contributed by atoms with E-state index in [1.165, 1.54) is 0 Å². The Morgan fingerprint density at radius 3 is 1.29 bits per heavy atom. The van der Waals surface area contributed by atoms with E-state index in [2.05, 4.69) is 83.8 Å². The highest BCUT2D eigenvalue weighted by molar-refractivity contribution is 5.80. The minimum Gasteiger partial charge on any atom is -0.253 e. The molecule has 0 spiro atoms. The third-order valence-corrected chi connectivity index (χ3v) is 7.03. The van der Waals surface area contributed by atoms with Gasteiger partial charge in [-0.2, -0.15) is 0 Å². The van der Waals surface area contributed by atoms with E-state index in [9.17, 15) is 0 Å². The lowest BCUT2D eigenvalue weighted by Crippen LogP contribution is -2.02. The van der Waals surface area contributed by atoms with Crippen molar-refractivity contribution in [1.82, 2.24) is 24.9 Å². The molecule has 198 valence electrons. The Balaban J connectivity index is 1.39. The Labute approximate surface area is 244 Å². The number of aromatic nitrogens is 5. The fourth-order valence-electron chi connectivity index (χ4n) is 4.91. The van der Waals surface area contributed by atoms with E-state index in [1.54, 1.807) is 6.20 Å². The first kappa shape index (κ1) is 25.2. The zero-order valence-corrected chi connectivity index (χ0v) is 22.7. The molecule has 0 aliphatic heterocycles. The normalized spacial score (nSPS) is 10.9. The van der Waals surface area contributed by atoms with Crippen molar-refractivity contribution >= 4 is 0 Å². The number of hydrogen-bond acceptors (Lipinski definition) is 5. The average molecular weight is 540 g/mol. The van der Waals surface area contributed by atoms with Crippen LogP contribution < -0.4 is 0 Å². The highest BCUT2D eigenvalue weighted by atomic mass is 15.1. The van der Waals surface area contributed by atoms with Gasteiger partial charge in [-0.25, -0.2) is 15.0 Å². The second-order valence-electron chi connectivity index (χ2n) is 9.85. The highest BCUT2D eigenvalue weighted by Gasteiger charge is 2.16. The molecule has 3 heterocycles. The summed E-state index contributed by atoms with van der Waals surface area (Å²) in [5.74, 6) is 1.55. The molecule has 0 fully saturated rings. The van der Waals surface area contributed by atoms with Gasteiger partial charge in [-0.05, 0) is 64.2 Å². The van der Waals surface area contributed by atoms with Crippen molar-refractivity contribution in [2.24, 2.45) is 0 Å². The molecule has 5 nitrogen and oxygen atoms in total. The third-order valence-electron chi connectivity index (χ3n) is 7.03. The van der Waals surface area contributed by atoms with Gasteiger partial charge in [0.2, 0.25) is 0 Å². The summed E-state index contributed by atoms with van der Waals surface area (Å²) in [6.07, 6.45) is 3.60. The van der Waals surface area contributed by atoms with Crippen LogP contribution >= 0.6 is 0 Å². The van der Waals surface area contributed by atoms with Crippen LogP contribution in [0.2, 0.25) is 0 Å². The molecule has 0 radical (unpaired) electrons. The van der Waals surface area contributed by atoms with Gasteiger partial charge in [0.15, 0.2) is 17.5 Å². The SMILES string of the molecule is c1ccc(-c2ccc(-c3nc(-c4cc(-c5ccccc5)cc(-c5ccccc5)c4)nc(-c4ccccn4)n3)nc2)cc1. The van der Waals surface area contributed by atoms with Crippen LogP contribution in [0.25, 0.3) is 67.8 Å². The topological polar surface area (TPSA) is 64.5 Å². The first-order chi connectivity index (χ1) is 20.8. The second kappa shape index (κ2) is 11.4. The van der Waals surface area contributed by atoms with Gasteiger partial charge in [0.25, 0.3) is 0 Å². The molecule has 7 aromatic rings. The lowest BCUT2D eigenvalue weighted by molar-refractivity contribution is 1.05. The van der Waals surface area contributed by atoms with Crippen molar-refractivity contribution in [3.05, 3.63) is 152 Å². The molecule has 0 amide bonds. The van der Waals surface area contributed by atoms with E-state index in [0.717, 1.165) is 38.9 Å². The minimum atomic E-state index is 0.492. The number of hydrogen-bond donors (Lipinski definition) is 0. The smallest absolute Gasteiger partial charge is 0.182 e. The molecule has 3 aromatic heterocycles. The summed E-state index contributed by atoms with van der Waals surface area (Å²) in [5, 5.41) is 0. The molecule has 42 heavy (non-hydrogen) atoms. The molecule has 0 aliphatic carbocycles. The molecule has 0 bridgehead atoms. The van der Waals surface area contributed by atoms with Gasteiger partial charge in [0, 0.05) is 23.5 Å². The highest BCUT2D eigenvalue weighted by Crippen LogP contribution is 2.33. The number of pyridine rings is 2. The predicted molar refractivity (Wildman–Crippen MR) is 168 cm³/mol. The first-order valence-electron chi connectivity index (χ1n) is 13.8. The van der Waals surface area contributed by atoms with Crippen LogP contribution in [0.1, 0.15) is 0 Å². The van der Waals surface area contributed by atoms with Crippen LogP contribution in [-0.2, 0) is 0 Å². The van der Waals surface area contributed by atoms with Gasteiger partial charge < -0.3 is 0 Å². The van der Waals surface area contributed by atoms with Crippen molar-refractivity contribution < 1.29 is 0 Å². The number of benzene rings is 4. The summed E-state index contributed by atoms with van der Waals surface area (Å²) in [6, 6.07) is 47.1. The summed E-state index contributed by atoms with van der Waals surface area (Å²) in [7, 11) is 0. The van der Waals surface area contributed by atoms with Crippen LogP contribution in [0.5, 0.6) is 0 Å². The van der Waals surface area contributed by atoms with Crippen molar-refractivity contribution in [2.75, 3.05) is 0 Å². The Hall–Kier alpha value is -5.81. The maximum atomic E-state index is 4.96. The molecule has 5 heteroatoms. The van der Waals surface area contributed by atoms with E-state index in [1.807, 2.05) is 66.9 Å². The molecular weight excluding hydrogens is 514 g/mol. The summed E-state index contributed by atoms with van der Waals surface area (Å²) in [6.45, 7) is 0. The van der Waals surface area contributed by atoms with Gasteiger partial charge in [-0.3, -0.25) is 9.97 Å². The van der Waals surface area contributed by atoms with Crippen molar-refractivity contribution in [3.63, 3.8) is 0 Å². The Bertz CT molecular complexity index is 1880. The van der Waals surface area contributed by atoms with E-state index in [4.69, 9.17) is 19.9 Å². The monoisotopic (exact) mass is 539 g/mol. The summed E-state index contributed by atoms with van der Waals surface area (Å²) < 4.78 is 0. The molecule has 7 rings (SSSR count). The van der Waals surface area contributed by atoms with Gasteiger partial charge in [0.05, 0.1) is 0 Å². The van der Waals surface area contributed by atoms with E-state index in [0.29, 0.717) is 28.9 Å². The van der Waals surface area contributed by atoms with Gasteiger partial charge in [-0.15, -0.1) is 0 Å². The van der Waals surface area contributed by atoms with Gasteiger partial charge in [0.1, 0.15) is 11.4 Å². The lowest BCUT2D eigenvalue weighted by Gasteiger charge is -2.12. The molecule has 0 saturated heterocycles. The van der Waals surface area contributed by atoms with Crippen molar-refractivity contribution in [1.29, 1.82) is 0 Å². The van der Waals surface area contributed by atoms with Crippen LogP contribution in [0.15, 0.2) is 152 Å². The zero-order chi connectivity index (χ0) is 28.1. The van der Waals surface area contributed by atoms with Crippen LogP contribution in [0.3, 0.4) is 0 Å². The number of nitrogens with zero attached hydrogens (tertiary/aromatic N) is 5. The predicted octanol–water partition coefficient (Wildman–Crippen LogP) is 8.66. The average Bonchev–Trinajstić information content (AvgIpc) is 3.09. The van der Waals surface area contributed by atoms with Crippen LogP contribution in [0.4, 0.5) is 0 Å². The first-order valence-corrected chi connectivity index (χ1v) is 13.8. The van der Waals surface area contributed by atoms with E-state index >= 15 is 0 Å². The van der Waals surface area contributed by atoms with Crippen LogP contribution in [-0.4, -0.2) is 24.9 Å². The van der Waals surface area contributed by atoms with Crippen molar-refractivity contribution in [3.8, 4) is 67.8 Å². The third kappa shape index (κ3) is 5.31. The Kier molecular flexibility index (Phi) is 6.81. The summed E-state index contributed by atoms with van der Waals surface area (Å²) in [4.78, 5) is 24.0. The molecule has 0 N–H and O–H groups in total. The largest absolute Gasteiger partial charge is 0.253 e. The number of rotatable bonds is 6. The molecule has 0 atom stereocenters. The lowest BCUT2D eigenvalue weighted by atomic mass is 9.96. The van der Waals surface area contributed by atoms with Crippen LogP contribution in [0, 0.1) is 0 Å². The fourth-order valence-corrected chi connectivity index (χ4v) is 4.91. The maximum absolute atomic E-state index is 4.96. The van der Waals surface area contributed by atoms with E-state index in [-0.39, 0.29) is 0 Å². The standard InChI is InChI=1S/C37H25N5/c1-4-12-26(13-5-1)29-19-20-34(39-25-29)37-41-35(40-36(42-37)33-18-10-11-21-38-33)32-23-30(27-14-6-2-7-15-27)22-31(24-32)28-16-8-3-9-17-28/h1-25H.